The maximum Gasteiger partial charge on any atom is 0.198 e. The lowest BCUT2D eigenvalue weighted by molar-refractivity contribution is 0.880. The van der Waals surface area contributed by atoms with Crippen LogP contribution in [0.5, 0.6) is 0 Å². The first-order valence-electron chi connectivity index (χ1n) is 7.89. The van der Waals surface area contributed by atoms with Gasteiger partial charge in [-0.15, -0.1) is 11.3 Å². The van der Waals surface area contributed by atoms with Crippen molar-refractivity contribution in [2.45, 2.75) is 33.2 Å². The van der Waals surface area contributed by atoms with Crippen LogP contribution in [0.4, 0.5) is 5.69 Å². The van der Waals surface area contributed by atoms with E-state index >= 15 is 0 Å². The molecule has 5 heteroatoms. The van der Waals surface area contributed by atoms with Gasteiger partial charge in [-0.05, 0) is 31.4 Å². The Bertz CT molecular complexity index is 662. The number of thiazole rings is 1. The van der Waals surface area contributed by atoms with Gasteiger partial charge in [-0.2, -0.15) is 0 Å². The number of hydrogen-bond donors (Lipinski definition) is 1. The minimum atomic E-state index is 0.645. The van der Waals surface area contributed by atoms with Crippen LogP contribution >= 0.6 is 11.3 Å². The van der Waals surface area contributed by atoms with Crippen molar-refractivity contribution in [1.82, 2.24) is 10.3 Å². The summed E-state index contributed by atoms with van der Waals surface area (Å²) < 4.78 is 0. The van der Waals surface area contributed by atoms with Crippen molar-refractivity contribution in [3.63, 3.8) is 0 Å². The summed E-state index contributed by atoms with van der Waals surface area (Å²) in [5.41, 5.74) is 2.67. The quantitative estimate of drug-likeness (QED) is 0.696. The maximum absolute atomic E-state index is 4.79. The molecule has 2 aromatic rings. The van der Waals surface area contributed by atoms with Gasteiger partial charge < -0.3 is 10.2 Å². The molecule has 0 radical (unpaired) electrons. The van der Waals surface area contributed by atoms with Gasteiger partial charge in [-0.3, -0.25) is 0 Å². The van der Waals surface area contributed by atoms with Gasteiger partial charge in [-0.1, -0.05) is 25.1 Å². The van der Waals surface area contributed by atoms with E-state index in [2.05, 4.69) is 53.3 Å². The molecular weight excluding hydrogens is 292 g/mol. The molecule has 4 nitrogen and oxygen atoms in total. The highest BCUT2D eigenvalue weighted by Gasteiger charge is 2.22. The highest BCUT2D eigenvalue weighted by Crippen LogP contribution is 2.27. The van der Waals surface area contributed by atoms with Crippen LogP contribution in [-0.2, 0) is 19.4 Å². The summed E-state index contributed by atoms with van der Waals surface area (Å²) in [4.78, 5) is 12.9. The summed E-state index contributed by atoms with van der Waals surface area (Å²) in [5.74, 6) is 0.959. The standard InChI is InChI=1S/C17H22N4S/c1-3-14-11-19-16(22-14)12-20-17(18-4-2)21-10-9-13-7-5-6-8-15(13)21/h5-8,11H,3-4,9-10,12H2,1-2H3,(H,18,20). The number of fused-ring (bicyclic) bond motifs is 1. The number of nitrogens with one attached hydrogen (secondary N) is 1. The molecular formula is C17H22N4S. The fraction of sp³-hybridized carbons (Fsp3) is 0.412. The molecule has 0 atom stereocenters. The molecule has 22 heavy (non-hydrogen) atoms. The van der Waals surface area contributed by atoms with Gasteiger partial charge in [0.2, 0.25) is 0 Å². The second-order valence-electron chi connectivity index (χ2n) is 5.27. The highest BCUT2D eigenvalue weighted by atomic mass is 32.1. The zero-order valence-electron chi connectivity index (χ0n) is 13.2. The van der Waals surface area contributed by atoms with E-state index in [1.807, 2.05) is 6.20 Å². The van der Waals surface area contributed by atoms with Crippen molar-refractivity contribution < 1.29 is 0 Å². The van der Waals surface area contributed by atoms with Gasteiger partial charge in [0.25, 0.3) is 0 Å². The Balaban J connectivity index is 1.79. The largest absolute Gasteiger partial charge is 0.356 e. The second-order valence-corrected chi connectivity index (χ2v) is 6.47. The Morgan fingerprint density at radius 1 is 1.36 bits per heavy atom. The van der Waals surface area contributed by atoms with Crippen molar-refractivity contribution >= 4 is 23.0 Å². The molecule has 0 unspecified atom stereocenters. The monoisotopic (exact) mass is 314 g/mol. The number of rotatable bonds is 4. The van der Waals surface area contributed by atoms with Crippen LogP contribution in [0.1, 0.15) is 29.3 Å². The average molecular weight is 314 g/mol. The van der Waals surface area contributed by atoms with Gasteiger partial charge in [0.1, 0.15) is 5.01 Å². The first-order valence-corrected chi connectivity index (χ1v) is 8.70. The summed E-state index contributed by atoms with van der Waals surface area (Å²) in [6, 6.07) is 8.57. The molecule has 0 spiro atoms. The molecule has 2 heterocycles. The molecule has 1 aliphatic rings. The minimum absolute atomic E-state index is 0.645. The Morgan fingerprint density at radius 3 is 3.00 bits per heavy atom. The van der Waals surface area contributed by atoms with Crippen LogP contribution in [0.2, 0.25) is 0 Å². The predicted molar refractivity (Wildman–Crippen MR) is 93.8 cm³/mol. The molecule has 0 amide bonds. The van der Waals surface area contributed by atoms with E-state index in [4.69, 9.17) is 4.99 Å². The van der Waals surface area contributed by atoms with Gasteiger partial charge in [0.05, 0.1) is 6.54 Å². The molecule has 0 aliphatic carbocycles. The zero-order valence-corrected chi connectivity index (χ0v) is 14.0. The van der Waals surface area contributed by atoms with Crippen LogP contribution in [0, 0.1) is 0 Å². The molecule has 116 valence electrons. The molecule has 0 saturated heterocycles. The number of guanidine groups is 1. The number of anilines is 1. The smallest absolute Gasteiger partial charge is 0.198 e. The molecule has 1 aromatic carbocycles. The third-order valence-electron chi connectivity index (χ3n) is 3.79. The van der Waals surface area contributed by atoms with Crippen LogP contribution in [0.15, 0.2) is 35.5 Å². The van der Waals surface area contributed by atoms with Gasteiger partial charge in [-0.25, -0.2) is 9.98 Å². The third-order valence-corrected chi connectivity index (χ3v) is 4.92. The lowest BCUT2D eigenvalue weighted by Crippen LogP contribution is -2.40. The number of aromatic nitrogens is 1. The molecule has 1 aromatic heterocycles. The van der Waals surface area contributed by atoms with E-state index in [0.717, 1.165) is 36.9 Å². The second kappa shape index (κ2) is 6.92. The molecule has 0 saturated carbocycles. The van der Waals surface area contributed by atoms with Crippen LogP contribution < -0.4 is 10.2 Å². The van der Waals surface area contributed by atoms with E-state index in [1.165, 1.54) is 16.1 Å². The van der Waals surface area contributed by atoms with Crippen molar-refractivity contribution in [2.75, 3.05) is 18.0 Å². The van der Waals surface area contributed by atoms with E-state index in [9.17, 15) is 0 Å². The van der Waals surface area contributed by atoms with Crippen molar-refractivity contribution in [2.24, 2.45) is 4.99 Å². The van der Waals surface area contributed by atoms with Crippen LogP contribution in [0.25, 0.3) is 0 Å². The SMILES string of the molecule is CCNC(=NCc1ncc(CC)s1)N1CCc2ccccc21. The Morgan fingerprint density at radius 2 is 2.23 bits per heavy atom. The minimum Gasteiger partial charge on any atom is -0.356 e. The zero-order chi connectivity index (χ0) is 15.4. The number of para-hydroxylation sites is 1. The van der Waals surface area contributed by atoms with Crippen molar-refractivity contribution in [3.8, 4) is 0 Å². The fourth-order valence-electron chi connectivity index (χ4n) is 2.68. The third kappa shape index (κ3) is 3.14. The molecule has 1 N–H and O–H groups in total. The normalized spacial score (nSPS) is 14.3. The highest BCUT2D eigenvalue weighted by molar-refractivity contribution is 7.11. The summed E-state index contributed by atoms with van der Waals surface area (Å²) in [5, 5.41) is 4.49. The lowest BCUT2D eigenvalue weighted by atomic mass is 10.2. The summed E-state index contributed by atoms with van der Waals surface area (Å²) in [6.45, 7) is 6.77. The first-order chi connectivity index (χ1) is 10.8. The fourth-order valence-corrected chi connectivity index (χ4v) is 3.47. The van der Waals surface area contributed by atoms with Crippen LogP contribution in [0.3, 0.4) is 0 Å². The number of nitrogens with zero attached hydrogens (tertiary/aromatic N) is 3. The number of aryl methyl sites for hydroxylation is 1. The molecule has 0 fully saturated rings. The summed E-state index contributed by atoms with van der Waals surface area (Å²) in [6.07, 6.45) is 4.09. The van der Waals surface area contributed by atoms with Crippen molar-refractivity contribution in [3.05, 3.63) is 45.9 Å². The molecule has 1 aliphatic heterocycles. The average Bonchev–Trinajstić information content (AvgIpc) is 3.18. The van der Waals surface area contributed by atoms with Gasteiger partial charge >= 0.3 is 0 Å². The Kier molecular flexibility index (Phi) is 4.73. The maximum atomic E-state index is 4.79. The lowest BCUT2D eigenvalue weighted by Gasteiger charge is -2.22. The van der Waals surface area contributed by atoms with E-state index in [-0.39, 0.29) is 0 Å². The number of hydrogen-bond acceptors (Lipinski definition) is 3. The number of aliphatic imine (C=N–C) groups is 1. The number of benzene rings is 1. The molecule has 3 rings (SSSR count). The van der Waals surface area contributed by atoms with E-state index < -0.39 is 0 Å². The summed E-state index contributed by atoms with van der Waals surface area (Å²) in [7, 11) is 0. The first kappa shape index (κ1) is 15.0. The van der Waals surface area contributed by atoms with Gasteiger partial charge in [0.15, 0.2) is 5.96 Å². The van der Waals surface area contributed by atoms with Gasteiger partial charge in [0, 0.05) is 29.9 Å². The van der Waals surface area contributed by atoms with Crippen molar-refractivity contribution in [1.29, 1.82) is 0 Å². The Hall–Kier alpha value is -1.88. The predicted octanol–water partition coefficient (Wildman–Crippen LogP) is 3.23. The van der Waals surface area contributed by atoms with E-state index in [1.54, 1.807) is 11.3 Å². The summed E-state index contributed by atoms with van der Waals surface area (Å²) >= 11 is 1.76. The molecule has 0 bridgehead atoms. The van der Waals surface area contributed by atoms with Crippen LogP contribution in [-0.4, -0.2) is 24.0 Å². The Labute approximate surface area is 135 Å². The topological polar surface area (TPSA) is 40.5 Å². The van der Waals surface area contributed by atoms with E-state index in [0.29, 0.717) is 6.54 Å².